The van der Waals surface area contributed by atoms with Crippen LogP contribution in [0.15, 0.2) is 17.1 Å². The van der Waals surface area contributed by atoms with Crippen LogP contribution in [-0.2, 0) is 18.8 Å². The molecule has 0 aromatic heterocycles. The average Bonchev–Trinajstić information content (AvgIpc) is 3.24. The number of rotatable bonds is 21. The number of allylic oxidation sites excluding steroid dienone is 2. The van der Waals surface area contributed by atoms with Crippen molar-refractivity contribution in [1.29, 1.82) is 0 Å². The van der Waals surface area contributed by atoms with E-state index in [9.17, 15) is 8.42 Å². The van der Waals surface area contributed by atoms with Crippen LogP contribution in [0, 0.1) is 0 Å². The molecular formula is C26H52N2O5S. The molecule has 0 aliphatic carbocycles. The van der Waals surface area contributed by atoms with Gasteiger partial charge in [0.25, 0.3) is 0 Å². The van der Waals surface area contributed by atoms with E-state index in [4.69, 9.17) is 5.11 Å². The van der Waals surface area contributed by atoms with Crippen molar-refractivity contribution in [2.24, 2.45) is 4.99 Å². The summed E-state index contributed by atoms with van der Waals surface area (Å²) in [5, 5.41) is 9.05. The largest absolute Gasteiger partial charge is 0.399 e. The Labute approximate surface area is 210 Å². The van der Waals surface area contributed by atoms with Gasteiger partial charge in [-0.05, 0) is 46.0 Å². The number of unbranched alkanes of at least 4 members (excludes halogenated alkanes) is 11. The molecule has 0 bridgehead atoms. The van der Waals surface area contributed by atoms with E-state index in [0.717, 1.165) is 26.1 Å². The zero-order valence-electron chi connectivity index (χ0n) is 22.2. The summed E-state index contributed by atoms with van der Waals surface area (Å²) in [5.74, 6) is 1.23. The van der Waals surface area contributed by atoms with E-state index in [2.05, 4.69) is 37.3 Å². The first-order valence-corrected chi connectivity index (χ1v) is 14.9. The molecule has 0 saturated heterocycles. The monoisotopic (exact) mass is 504 g/mol. The number of hydrogen-bond donors (Lipinski definition) is 1. The highest BCUT2D eigenvalue weighted by Crippen LogP contribution is 2.12. The van der Waals surface area contributed by atoms with Crippen LogP contribution >= 0.6 is 0 Å². The van der Waals surface area contributed by atoms with Crippen LogP contribution < -0.4 is 0 Å². The Morgan fingerprint density at radius 1 is 0.853 bits per heavy atom. The maximum absolute atomic E-state index is 10.4. The normalized spacial score (nSPS) is 13.9. The van der Waals surface area contributed by atoms with Crippen LogP contribution in [0.3, 0.4) is 0 Å². The molecule has 1 rings (SSSR count). The number of aliphatic hydroxyl groups is 1. The highest BCUT2D eigenvalue weighted by Gasteiger charge is 2.15. The zero-order valence-corrected chi connectivity index (χ0v) is 23.0. The highest BCUT2D eigenvalue weighted by atomic mass is 32.3. The van der Waals surface area contributed by atoms with Crippen LogP contribution in [0.4, 0.5) is 0 Å². The van der Waals surface area contributed by atoms with Crippen molar-refractivity contribution < 1.29 is 21.9 Å². The lowest BCUT2D eigenvalue weighted by molar-refractivity contribution is 0.231. The molecule has 34 heavy (non-hydrogen) atoms. The van der Waals surface area contributed by atoms with Crippen molar-refractivity contribution in [3.63, 3.8) is 0 Å². The molecule has 1 heterocycles. The van der Waals surface area contributed by atoms with Gasteiger partial charge in [-0.1, -0.05) is 70.4 Å². The molecule has 1 aliphatic rings. The van der Waals surface area contributed by atoms with Gasteiger partial charge in [0.2, 0.25) is 0 Å². The molecule has 1 aliphatic heterocycles. The average molecular weight is 505 g/mol. The summed E-state index contributed by atoms with van der Waals surface area (Å²) in [7, 11) is -3.68. The van der Waals surface area contributed by atoms with Gasteiger partial charge in [-0.3, -0.25) is 4.99 Å². The summed E-state index contributed by atoms with van der Waals surface area (Å²) in [6, 6.07) is 0. The lowest BCUT2D eigenvalue weighted by atomic mass is 10.1. The van der Waals surface area contributed by atoms with Gasteiger partial charge < -0.3 is 10.0 Å². The van der Waals surface area contributed by atoms with E-state index >= 15 is 0 Å². The second-order valence-electron chi connectivity index (χ2n) is 8.56. The Balaban J connectivity index is 0.00000102. The van der Waals surface area contributed by atoms with E-state index in [1.807, 2.05) is 0 Å². The van der Waals surface area contributed by atoms with Crippen LogP contribution in [0.1, 0.15) is 111 Å². The molecule has 7 nitrogen and oxygen atoms in total. The van der Waals surface area contributed by atoms with Crippen molar-refractivity contribution in [3.05, 3.63) is 12.2 Å². The minimum absolute atomic E-state index is 0.113. The SMILES string of the molecule is CCCCCCCCC=CCCCCCCCC1=NCCN1CCO.CCOS(=O)(=O)OCC. The van der Waals surface area contributed by atoms with Gasteiger partial charge in [-0.25, -0.2) is 8.37 Å². The topological polar surface area (TPSA) is 88.4 Å². The number of nitrogens with zero attached hydrogens (tertiary/aromatic N) is 2. The van der Waals surface area contributed by atoms with Gasteiger partial charge in [-0.15, -0.1) is 0 Å². The minimum atomic E-state index is -3.68. The molecule has 0 fully saturated rings. The van der Waals surface area contributed by atoms with Gasteiger partial charge in [0, 0.05) is 19.5 Å². The summed E-state index contributed by atoms with van der Waals surface area (Å²) < 4.78 is 29.2. The van der Waals surface area contributed by atoms with Crippen LogP contribution in [0.2, 0.25) is 0 Å². The van der Waals surface area contributed by atoms with Crippen molar-refractivity contribution in [2.45, 2.75) is 111 Å². The summed E-state index contributed by atoms with van der Waals surface area (Å²) in [6.07, 6.45) is 23.4. The smallest absolute Gasteiger partial charge is 0.395 e. The van der Waals surface area contributed by atoms with Crippen molar-refractivity contribution in [2.75, 3.05) is 39.5 Å². The number of β-amino-alcohol motifs (C(OH)–C–C–N with tert-alkyl or cyclic N) is 1. The summed E-state index contributed by atoms with van der Waals surface area (Å²) in [6.45, 7) is 8.58. The van der Waals surface area contributed by atoms with Gasteiger partial charge >= 0.3 is 10.4 Å². The molecule has 0 saturated carbocycles. The maximum atomic E-state index is 10.4. The van der Waals surface area contributed by atoms with Gasteiger partial charge in [-0.2, -0.15) is 8.42 Å². The Morgan fingerprint density at radius 3 is 1.91 bits per heavy atom. The first kappa shape index (κ1) is 33.0. The molecule has 8 heteroatoms. The maximum Gasteiger partial charge on any atom is 0.399 e. The fourth-order valence-electron chi connectivity index (χ4n) is 3.80. The molecule has 0 atom stereocenters. The molecule has 0 aromatic carbocycles. The molecule has 202 valence electrons. The number of aliphatic hydroxyl groups excluding tert-OH is 1. The Morgan fingerprint density at radius 2 is 1.38 bits per heavy atom. The third-order valence-corrected chi connectivity index (χ3v) is 6.63. The van der Waals surface area contributed by atoms with Crippen LogP contribution in [-0.4, -0.2) is 63.7 Å². The van der Waals surface area contributed by atoms with E-state index in [1.165, 1.54) is 89.3 Å². The molecule has 0 aromatic rings. The predicted molar refractivity (Wildman–Crippen MR) is 143 cm³/mol. The first-order valence-electron chi connectivity index (χ1n) is 13.6. The number of aliphatic imine (C=N–C) groups is 1. The lowest BCUT2D eigenvalue weighted by Crippen LogP contribution is -2.30. The predicted octanol–water partition coefficient (Wildman–Crippen LogP) is 6.03. The second-order valence-corrected chi connectivity index (χ2v) is 9.85. The minimum Gasteiger partial charge on any atom is -0.395 e. The second kappa shape index (κ2) is 23.8. The Hall–Kier alpha value is -0.960. The van der Waals surface area contributed by atoms with Gasteiger partial charge in [0.1, 0.15) is 0 Å². The summed E-state index contributed by atoms with van der Waals surface area (Å²) in [4.78, 5) is 6.81. The fourth-order valence-corrected chi connectivity index (χ4v) is 4.45. The molecular weight excluding hydrogens is 452 g/mol. The van der Waals surface area contributed by atoms with E-state index in [1.54, 1.807) is 13.8 Å². The Bertz CT molecular complexity index is 596. The standard InChI is InChI=1S/C22H42N2O.C4H10O4S/c1-2-3-4-5-6-7-8-9-10-11-12-13-14-15-16-17-22-23-18-19-24(22)20-21-25;1-3-7-9(5,6)8-4-2/h9-10,25H,2-8,11-21H2,1H3;3-4H2,1-2H3. The third-order valence-electron chi connectivity index (χ3n) is 5.59. The first-order chi connectivity index (χ1) is 16.5. The Kier molecular flexibility index (Phi) is 23.1. The number of amidine groups is 1. The summed E-state index contributed by atoms with van der Waals surface area (Å²) in [5.41, 5.74) is 0. The fraction of sp³-hybridized carbons (Fsp3) is 0.885. The highest BCUT2D eigenvalue weighted by molar-refractivity contribution is 7.81. The van der Waals surface area contributed by atoms with Crippen molar-refractivity contribution in [1.82, 2.24) is 4.90 Å². The third kappa shape index (κ3) is 20.4. The van der Waals surface area contributed by atoms with Crippen molar-refractivity contribution >= 4 is 16.2 Å². The van der Waals surface area contributed by atoms with E-state index in [0.29, 0.717) is 0 Å². The molecule has 0 amide bonds. The number of hydrogen-bond acceptors (Lipinski definition) is 7. The summed E-state index contributed by atoms with van der Waals surface area (Å²) >= 11 is 0. The van der Waals surface area contributed by atoms with Crippen LogP contribution in [0.25, 0.3) is 0 Å². The van der Waals surface area contributed by atoms with E-state index < -0.39 is 10.4 Å². The zero-order chi connectivity index (χ0) is 25.3. The van der Waals surface area contributed by atoms with E-state index in [-0.39, 0.29) is 19.8 Å². The molecule has 1 N–H and O–H groups in total. The quantitative estimate of drug-likeness (QED) is 0.152. The molecule has 0 spiro atoms. The lowest BCUT2D eigenvalue weighted by Gasteiger charge is -2.18. The molecule has 0 radical (unpaired) electrons. The van der Waals surface area contributed by atoms with Gasteiger partial charge in [0.05, 0.1) is 32.2 Å². The van der Waals surface area contributed by atoms with Crippen LogP contribution in [0.5, 0.6) is 0 Å². The van der Waals surface area contributed by atoms with Gasteiger partial charge in [0.15, 0.2) is 0 Å². The van der Waals surface area contributed by atoms with Crippen molar-refractivity contribution in [3.8, 4) is 0 Å². The molecule has 0 unspecified atom stereocenters.